The van der Waals surface area contributed by atoms with E-state index in [0.717, 1.165) is 21.0 Å². The van der Waals surface area contributed by atoms with Gasteiger partial charge < -0.3 is 19.3 Å². The van der Waals surface area contributed by atoms with Crippen LogP contribution < -0.4 is 0 Å². The van der Waals surface area contributed by atoms with Gasteiger partial charge in [-0.1, -0.05) is 0 Å². The Balaban J connectivity index is 5.05. The number of ether oxygens (including phenoxy) is 3. The molecule has 0 aromatic heterocycles. The molecule has 0 heterocycles. The molecular formula is C9H12O8. The van der Waals surface area contributed by atoms with Crippen LogP contribution in [0.2, 0.25) is 0 Å². The average molecular weight is 248 g/mol. The highest BCUT2D eigenvalue weighted by Crippen LogP contribution is 2.08. The zero-order valence-electron chi connectivity index (χ0n) is 9.46. The summed E-state index contributed by atoms with van der Waals surface area (Å²) in [5, 5.41) is 8.77. The number of carboxylic acid groups (broad SMARTS) is 1. The number of methoxy groups -OCH3 is 1. The normalized spacial score (nSPS) is 13.1. The maximum absolute atomic E-state index is 11.2. The van der Waals surface area contributed by atoms with Crippen molar-refractivity contribution in [1.29, 1.82) is 0 Å². The lowest BCUT2D eigenvalue weighted by Gasteiger charge is -2.20. The number of carbonyl (C=O) groups is 4. The van der Waals surface area contributed by atoms with Gasteiger partial charge in [-0.05, 0) is 0 Å². The van der Waals surface area contributed by atoms with Crippen molar-refractivity contribution in [1.82, 2.24) is 0 Å². The Kier molecular flexibility index (Phi) is 5.65. The smallest absolute Gasteiger partial charge is 0.351 e. The van der Waals surface area contributed by atoms with Crippen LogP contribution in [0.1, 0.15) is 13.8 Å². The molecule has 1 N–H and O–H groups in total. The molecule has 17 heavy (non-hydrogen) atoms. The molecule has 0 unspecified atom stereocenters. The summed E-state index contributed by atoms with van der Waals surface area (Å²) in [6, 6.07) is 0. The minimum atomic E-state index is -1.94. The molecule has 0 saturated carbocycles. The Hall–Kier alpha value is -2.12. The third kappa shape index (κ3) is 4.96. The lowest BCUT2D eigenvalue weighted by atomic mass is 10.2. The van der Waals surface area contributed by atoms with Gasteiger partial charge in [-0.3, -0.25) is 9.59 Å². The van der Waals surface area contributed by atoms with Crippen LogP contribution in [-0.2, 0) is 33.4 Å². The molecule has 0 fully saturated rings. The Morgan fingerprint density at radius 1 is 0.941 bits per heavy atom. The number of carboxylic acids is 1. The summed E-state index contributed by atoms with van der Waals surface area (Å²) >= 11 is 0. The number of carbonyl (C=O) groups excluding carboxylic acids is 3. The SMILES string of the molecule is COC(=O)[C@H](OC(C)=O)[C@@H](OC(C)=O)C(=O)O. The molecule has 0 aliphatic carbocycles. The first-order valence-corrected chi connectivity index (χ1v) is 4.44. The number of hydrogen-bond acceptors (Lipinski definition) is 7. The molecule has 0 saturated heterocycles. The molecule has 0 radical (unpaired) electrons. The zero-order valence-corrected chi connectivity index (χ0v) is 9.46. The predicted molar refractivity (Wildman–Crippen MR) is 50.8 cm³/mol. The molecule has 0 aliphatic rings. The maximum Gasteiger partial charge on any atom is 0.351 e. The summed E-state index contributed by atoms with van der Waals surface area (Å²) in [7, 11) is 0.978. The van der Waals surface area contributed by atoms with E-state index in [1.807, 2.05) is 0 Å². The standard InChI is InChI=1S/C9H12O8/c1-4(10)16-6(8(12)13)7(9(14)15-3)17-5(2)11/h6-7H,1-3H3,(H,12,13)/t6-,7-/m1/s1. The fraction of sp³-hybridized carbons (Fsp3) is 0.556. The van der Waals surface area contributed by atoms with Crippen molar-refractivity contribution in [3.63, 3.8) is 0 Å². The van der Waals surface area contributed by atoms with Crippen molar-refractivity contribution in [2.45, 2.75) is 26.1 Å². The van der Waals surface area contributed by atoms with Crippen LogP contribution in [0, 0.1) is 0 Å². The van der Waals surface area contributed by atoms with Gasteiger partial charge in [-0.2, -0.15) is 0 Å². The highest BCUT2D eigenvalue weighted by Gasteiger charge is 2.40. The first kappa shape index (κ1) is 14.9. The summed E-state index contributed by atoms with van der Waals surface area (Å²) < 4.78 is 13.1. The molecule has 0 spiro atoms. The molecule has 0 bridgehead atoms. The number of aliphatic carboxylic acids is 1. The van der Waals surface area contributed by atoms with E-state index in [1.54, 1.807) is 0 Å². The van der Waals surface area contributed by atoms with Crippen LogP contribution in [0.4, 0.5) is 0 Å². The molecule has 8 heteroatoms. The second-order valence-electron chi connectivity index (χ2n) is 2.92. The number of esters is 3. The van der Waals surface area contributed by atoms with E-state index in [0.29, 0.717) is 0 Å². The highest BCUT2D eigenvalue weighted by atomic mass is 16.6. The van der Waals surface area contributed by atoms with Crippen molar-refractivity contribution in [3.8, 4) is 0 Å². The third-order valence-corrected chi connectivity index (χ3v) is 1.54. The van der Waals surface area contributed by atoms with E-state index in [9.17, 15) is 19.2 Å². The van der Waals surface area contributed by atoms with E-state index in [1.165, 1.54) is 0 Å². The molecule has 0 aliphatic heterocycles. The predicted octanol–water partition coefficient (Wildman–Crippen LogP) is -0.893. The zero-order chi connectivity index (χ0) is 13.6. The summed E-state index contributed by atoms with van der Waals surface area (Å²) in [5.74, 6) is -4.59. The van der Waals surface area contributed by atoms with Gasteiger partial charge in [0.25, 0.3) is 0 Å². The van der Waals surface area contributed by atoms with Gasteiger partial charge in [-0.15, -0.1) is 0 Å². The van der Waals surface area contributed by atoms with E-state index in [2.05, 4.69) is 14.2 Å². The largest absolute Gasteiger partial charge is 0.478 e. The van der Waals surface area contributed by atoms with Crippen molar-refractivity contribution in [2.75, 3.05) is 7.11 Å². The monoisotopic (exact) mass is 248 g/mol. The van der Waals surface area contributed by atoms with Crippen LogP contribution in [-0.4, -0.2) is 48.3 Å². The van der Waals surface area contributed by atoms with Crippen LogP contribution in [0.3, 0.4) is 0 Å². The molecule has 8 nitrogen and oxygen atoms in total. The molecular weight excluding hydrogens is 236 g/mol. The van der Waals surface area contributed by atoms with Gasteiger partial charge >= 0.3 is 23.9 Å². The summed E-state index contributed by atoms with van der Waals surface area (Å²) in [4.78, 5) is 43.4. The van der Waals surface area contributed by atoms with E-state index in [4.69, 9.17) is 5.11 Å². The minimum absolute atomic E-state index is 0.904. The van der Waals surface area contributed by atoms with Gasteiger partial charge in [-0.25, -0.2) is 9.59 Å². The molecule has 0 amide bonds. The number of hydrogen-bond donors (Lipinski definition) is 1. The summed E-state index contributed by atoms with van der Waals surface area (Å²) in [5.41, 5.74) is 0. The summed E-state index contributed by atoms with van der Waals surface area (Å²) in [6.45, 7) is 1.93. The van der Waals surface area contributed by atoms with Crippen molar-refractivity contribution >= 4 is 23.9 Å². The fourth-order valence-electron chi connectivity index (χ4n) is 0.949. The second kappa shape index (κ2) is 6.46. The quantitative estimate of drug-likeness (QED) is 0.491. The van der Waals surface area contributed by atoms with Gasteiger partial charge in [0.1, 0.15) is 0 Å². The van der Waals surface area contributed by atoms with Crippen LogP contribution >= 0.6 is 0 Å². The fourth-order valence-corrected chi connectivity index (χ4v) is 0.949. The first-order chi connectivity index (χ1) is 7.79. The van der Waals surface area contributed by atoms with Crippen molar-refractivity contribution < 1.29 is 38.5 Å². The van der Waals surface area contributed by atoms with E-state index >= 15 is 0 Å². The Morgan fingerprint density at radius 2 is 1.35 bits per heavy atom. The second-order valence-corrected chi connectivity index (χ2v) is 2.92. The topological polar surface area (TPSA) is 116 Å². The van der Waals surface area contributed by atoms with Crippen molar-refractivity contribution in [2.24, 2.45) is 0 Å². The van der Waals surface area contributed by atoms with Gasteiger partial charge in [0.15, 0.2) is 0 Å². The Morgan fingerprint density at radius 3 is 1.65 bits per heavy atom. The minimum Gasteiger partial charge on any atom is -0.478 e. The van der Waals surface area contributed by atoms with Gasteiger partial charge in [0.2, 0.25) is 12.2 Å². The average Bonchev–Trinajstić information content (AvgIpc) is 2.21. The first-order valence-electron chi connectivity index (χ1n) is 4.44. The van der Waals surface area contributed by atoms with Crippen molar-refractivity contribution in [3.05, 3.63) is 0 Å². The highest BCUT2D eigenvalue weighted by molar-refractivity contribution is 5.88. The van der Waals surface area contributed by atoms with Crippen LogP contribution in [0.5, 0.6) is 0 Å². The lowest BCUT2D eigenvalue weighted by Crippen LogP contribution is -2.45. The molecule has 0 rings (SSSR count). The Bertz CT molecular complexity index is 334. The van der Waals surface area contributed by atoms with E-state index < -0.39 is 36.1 Å². The molecule has 0 aromatic rings. The van der Waals surface area contributed by atoms with Crippen LogP contribution in [0.15, 0.2) is 0 Å². The maximum atomic E-state index is 11.2. The molecule has 0 aromatic carbocycles. The van der Waals surface area contributed by atoms with Crippen LogP contribution in [0.25, 0.3) is 0 Å². The van der Waals surface area contributed by atoms with Gasteiger partial charge in [0, 0.05) is 13.8 Å². The molecule has 2 atom stereocenters. The van der Waals surface area contributed by atoms with E-state index in [-0.39, 0.29) is 0 Å². The van der Waals surface area contributed by atoms with Gasteiger partial charge in [0.05, 0.1) is 7.11 Å². The Labute approximate surface area is 96.4 Å². The molecule has 96 valence electrons. The summed E-state index contributed by atoms with van der Waals surface area (Å²) in [6.07, 6.45) is -3.78. The number of rotatable bonds is 5. The lowest BCUT2D eigenvalue weighted by molar-refractivity contribution is -0.187. The third-order valence-electron chi connectivity index (χ3n) is 1.54.